The quantitative estimate of drug-likeness (QED) is 0.624. The molecule has 5 heteroatoms. The van der Waals surface area contributed by atoms with Gasteiger partial charge in [-0.15, -0.1) is 0 Å². The summed E-state index contributed by atoms with van der Waals surface area (Å²) < 4.78 is 11.4. The molecule has 2 aliphatic rings. The molecule has 1 aromatic carbocycles. The van der Waals surface area contributed by atoms with Crippen molar-refractivity contribution < 1.29 is 9.47 Å². The lowest BCUT2D eigenvalue weighted by molar-refractivity contribution is 0.00515. The van der Waals surface area contributed by atoms with Crippen LogP contribution in [-0.2, 0) is 4.74 Å². The van der Waals surface area contributed by atoms with Gasteiger partial charge in [0.15, 0.2) is 5.96 Å². The molecule has 0 saturated carbocycles. The number of hydrogen-bond acceptors (Lipinski definition) is 3. The molecule has 0 bridgehead atoms. The number of ether oxygens (including phenoxy) is 2. The Labute approximate surface area is 119 Å². The highest BCUT2D eigenvalue weighted by Crippen LogP contribution is 2.38. The zero-order valence-electron chi connectivity index (χ0n) is 12.0. The fraction of sp³-hybridized carbons (Fsp3) is 0.533. The molecule has 2 N–H and O–H groups in total. The van der Waals surface area contributed by atoms with Crippen molar-refractivity contribution in [3.8, 4) is 5.75 Å². The van der Waals surface area contributed by atoms with E-state index in [-0.39, 0.29) is 18.2 Å². The second-order valence-corrected chi connectivity index (χ2v) is 5.42. The standard InChI is InChI=1S/C15H21N3O2/c1-10-9-18(7-8-19-10)15(16)17-14-11(2)20-13-6-4-3-5-12(13)14/h3-6,10-11,14H,7-9H2,1-2H3,(H2,16,17). The number of fused-ring (bicyclic) bond motifs is 1. The highest BCUT2D eigenvalue weighted by atomic mass is 16.5. The van der Waals surface area contributed by atoms with E-state index in [2.05, 4.69) is 17.9 Å². The van der Waals surface area contributed by atoms with Crippen molar-refractivity contribution in [2.75, 3.05) is 19.7 Å². The van der Waals surface area contributed by atoms with Gasteiger partial charge < -0.3 is 20.1 Å². The van der Waals surface area contributed by atoms with Gasteiger partial charge in [-0.25, -0.2) is 4.99 Å². The van der Waals surface area contributed by atoms with Crippen LogP contribution in [0.1, 0.15) is 25.5 Å². The van der Waals surface area contributed by atoms with E-state index < -0.39 is 0 Å². The smallest absolute Gasteiger partial charge is 0.192 e. The van der Waals surface area contributed by atoms with Crippen molar-refractivity contribution in [3.63, 3.8) is 0 Å². The third-order valence-electron chi connectivity index (χ3n) is 3.83. The minimum Gasteiger partial charge on any atom is -0.488 e. The summed E-state index contributed by atoms with van der Waals surface area (Å²) in [5.41, 5.74) is 7.29. The highest BCUT2D eigenvalue weighted by molar-refractivity contribution is 5.78. The maximum Gasteiger partial charge on any atom is 0.192 e. The van der Waals surface area contributed by atoms with E-state index in [4.69, 9.17) is 20.2 Å². The predicted octanol–water partition coefficient (Wildman–Crippen LogP) is 1.54. The first-order valence-corrected chi connectivity index (χ1v) is 7.10. The summed E-state index contributed by atoms with van der Waals surface area (Å²) in [5, 5.41) is 0. The van der Waals surface area contributed by atoms with E-state index in [1.807, 2.05) is 25.1 Å². The predicted molar refractivity (Wildman–Crippen MR) is 77.9 cm³/mol. The number of aliphatic imine (C=N–C) groups is 1. The number of para-hydroxylation sites is 1. The van der Waals surface area contributed by atoms with Crippen LogP contribution in [-0.4, -0.2) is 42.8 Å². The van der Waals surface area contributed by atoms with Crippen LogP contribution in [0.25, 0.3) is 0 Å². The van der Waals surface area contributed by atoms with Crippen LogP contribution in [0.15, 0.2) is 29.3 Å². The summed E-state index contributed by atoms with van der Waals surface area (Å²) in [6.07, 6.45) is 0.214. The Morgan fingerprint density at radius 2 is 2.15 bits per heavy atom. The molecule has 0 aromatic heterocycles. The Hall–Kier alpha value is -1.75. The normalized spacial score (nSPS) is 30.0. The number of benzene rings is 1. The summed E-state index contributed by atoms with van der Waals surface area (Å²) in [5.74, 6) is 1.49. The van der Waals surface area contributed by atoms with Crippen LogP contribution in [0.5, 0.6) is 5.75 Å². The molecule has 3 atom stereocenters. The van der Waals surface area contributed by atoms with E-state index in [0.29, 0.717) is 12.6 Å². The van der Waals surface area contributed by atoms with Crippen molar-refractivity contribution in [2.45, 2.75) is 32.1 Å². The zero-order chi connectivity index (χ0) is 14.1. The molecule has 2 heterocycles. The molecular formula is C15H21N3O2. The first kappa shape index (κ1) is 13.2. The number of hydrogen-bond donors (Lipinski definition) is 1. The minimum absolute atomic E-state index is 0.0180. The maximum atomic E-state index is 6.17. The topological polar surface area (TPSA) is 60.1 Å². The van der Waals surface area contributed by atoms with Crippen molar-refractivity contribution >= 4 is 5.96 Å². The molecule has 0 amide bonds. The van der Waals surface area contributed by atoms with E-state index in [0.717, 1.165) is 24.4 Å². The Balaban J connectivity index is 1.80. The molecule has 0 aliphatic carbocycles. The van der Waals surface area contributed by atoms with Gasteiger partial charge in [0.2, 0.25) is 0 Å². The maximum absolute atomic E-state index is 6.17. The Morgan fingerprint density at radius 3 is 2.95 bits per heavy atom. The first-order valence-electron chi connectivity index (χ1n) is 7.10. The molecule has 108 valence electrons. The molecule has 20 heavy (non-hydrogen) atoms. The van der Waals surface area contributed by atoms with E-state index >= 15 is 0 Å². The van der Waals surface area contributed by atoms with Gasteiger partial charge in [0, 0.05) is 18.7 Å². The highest BCUT2D eigenvalue weighted by Gasteiger charge is 2.31. The Bertz CT molecular complexity index is 518. The summed E-state index contributed by atoms with van der Waals surface area (Å²) in [4.78, 5) is 6.78. The largest absolute Gasteiger partial charge is 0.488 e. The molecular weight excluding hydrogens is 254 g/mol. The van der Waals surface area contributed by atoms with Gasteiger partial charge in [0.25, 0.3) is 0 Å². The monoisotopic (exact) mass is 275 g/mol. The van der Waals surface area contributed by atoms with Crippen molar-refractivity contribution in [1.29, 1.82) is 0 Å². The summed E-state index contributed by atoms with van der Waals surface area (Å²) in [6, 6.07) is 8.00. The third-order valence-corrected chi connectivity index (χ3v) is 3.83. The number of rotatable bonds is 1. The van der Waals surface area contributed by atoms with Crippen molar-refractivity contribution in [2.24, 2.45) is 10.7 Å². The number of morpholine rings is 1. The fourth-order valence-electron chi connectivity index (χ4n) is 2.77. The molecule has 1 saturated heterocycles. The van der Waals surface area contributed by atoms with Gasteiger partial charge in [-0.2, -0.15) is 0 Å². The molecule has 3 rings (SSSR count). The van der Waals surface area contributed by atoms with Crippen LogP contribution in [0, 0.1) is 0 Å². The van der Waals surface area contributed by atoms with Gasteiger partial charge in [-0.1, -0.05) is 18.2 Å². The lowest BCUT2D eigenvalue weighted by atomic mass is 10.1. The molecule has 0 radical (unpaired) electrons. The lowest BCUT2D eigenvalue weighted by Crippen LogP contribution is -2.48. The number of nitrogens with zero attached hydrogens (tertiary/aromatic N) is 2. The van der Waals surface area contributed by atoms with Crippen LogP contribution in [0.2, 0.25) is 0 Å². The van der Waals surface area contributed by atoms with Crippen LogP contribution >= 0.6 is 0 Å². The van der Waals surface area contributed by atoms with Crippen LogP contribution in [0.3, 0.4) is 0 Å². The third kappa shape index (κ3) is 2.45. The second-order valence-electron chi connectivity index (χ2n) is 5.42. The zero-order valence-corrected chi connectivity index (χ0v) is 12.0. The molecule has 0 spiro atoms. The first-order chi connectivity index (χ1) is 9.65. The molecule has 1 fully saturated rings. The average molecular weight is 275 g/mol. The van der Waals surface area contributed by atoms with Gasteiger partial charge >= 0.3 is 0 Å². The van der Waals surface area contributed by atoms with Gasteiger partial charge in [-0.3, -0.25) is 0 Å². The second kappa shape index (κ2) is 5.32. The molecule has 1 aromatic rings. The van der Waals surface area contributed by atoms with E-state index in [1.165, 1.54) is 0 Å². The summed E-state index contributed by atoms with van der Waals surface area (Å²) >= 11 is 0. The molecule has 5 nitrogen and oxygen atoms in total. The van der Waals surface area contributed by atoms with Gasteiger partial charge in [0.1, 0.15) is 17.9 Å². The van der Waals surface area contributed by atoms with Crippen molar-refractivity contribution in [1.82, 2.24) is 4.90 Å². The Kier molecular flexibility index (Phi) is 3.53. The number of guanidine groups is 1. The Morgan fingerprint density at radius 1 is 1.35 bits per heavy atom. The summed E-state index contributed by atoms with van der Waals surface area (Å²) in [7, 11) is 0. The van der Waals surface area contributed by atoms with Crippen LogP contribution < -0.4 is 10.5 Å². The van der Waals surface area contributed by atoms with Crippen molar-refractivity contribution in [3.05, 3.63) is 29.8 Å². The lowest BCUT2D eigenvalue weighted by Gasteiger charge is -2.32. The fourth-order valence-corrected chi connectivity index (χ4v) is 2.77. The van der Waals surface area contributed by atoms with Gasteiger partial charge in [0.05, 0.1) is 12.7 Å². The average Bonchev–Trinajstić information content (AvgIpc) is 2.75. The minimum atomic E-state index is -0.0237. The summed E-state index contributed by atoms with van der Waals surface area (Å²) in [6.45, 7) is 6.37. The number of nitrogens with two attached hydrogens (primary N) is 1. The van der Waals surface area contributed by atoms with E-state index in [9.17, 15) is 0 Å². The van der Waals surface area contributed by atoms with E-state index in [1.54, 1.807) is 0 Å². The van der Waals surface area contributed by atoms with Crippen LogP contribution in [0.4, 0.5) is 0 Å². The van der Waals surface area contributed by atoms with Gasteiger partial charge in [-0.05, 0) is 19.9 Å². The molecule has 3 unspecified atom stereocenters. The SMILES string of the molecule is CC1CN(C(N)=NC2c3ccccc3OC2C)CCO1. The molecule has 2 aliphatic heterocycles.